The van der Waals surface area contributed by atoms with Crippen molar-refractivity contribution in [2.45, 2.75) is 13.8 Å². The van der Waals surface area contributed by atoms with E-state index in [1.165, 1.54) is 13.2 Å². The van der Waals surface area contributed by atoms with Gasteiger partial charge in [0.1, 0.15) is 0 Å². The van der Waals surface area contributed by atoms with E-state index >= 15 is 0 Å². The quantitative estimate of drug-likeness (QED) is 0.632. The normalized spacial score (nSPS) is 10.1. The van der Waals surface area contributed by atoms with E-state index in [0.717, 1.165) is 0 Å². The molecule has 0 atom stereocenters. The number of halogens is 2. The zero-order valence-electron chi connectivity index (χ0n) is 7.24. The predicted octanol–water partition coefficient (Wildman–Crippen LogP) is 2.59. The molecule has 0 spiro atoms. The van der Waals surface area contributed by atoms with Gasteiger partial charge in [0, 0.05) is 0 Å². The Bertz CT molecular complexity index is 308. The summed E-state index contributed by atoms with van der Waals surface area (Å²) < 4.78 is 30.6. The standard InChI is InChI=1S/C9H10F2O/c1-5-4-7(10)9(12-3)8(11)6(5)2/h4H,1-3H3. The molecule has 0 bridgehead atoms. The highest BCUT2D eigenvalue weighted by Crippen LogP contribution is 2.26. The highest BCUT2D eigenvalue weighted by Gasteiger charge is 2.13. The van der Waals surface area contributed by atoms with Crippen molar-refractivity contribution in [3.8, 4) is 5.75 Å². The van der Waals surface area contributed by atoms with Gasteiger partial charge in [-0.2, -0.15) is 0 Å². The Hall–Kier alpha value is -1.12. The number of aryl methyl sites for hydroxylation is 1. The molecule has 12 heavy (non-hydrogen) atoms. The summed E-state index contributed by atoms with van der Waals surface area (Å²) in [6.45, 7) is 3.24. The summed E-state index contributed by atoms with van der Waals surface area (Å²) in [6.07, 6.45) is 0. The van der Waals surface area contributed by atoms with Crippen LogP contribution in [0, 0.1) is 25.5 Å². The molecule has 0 radical (unpaired) electrons. The average molecular weight is 172 g/mol. The van der Waals surface area contributed by atoms with E-state index in [4.69, 9.17) is 0 Å². The smallest absolute Gasteiger partial charge is 0.190 e. The first kappa shape index (κ1) is 8.97. The Morgan fingerprint density at radius 1 is 1.25 bits per heavy atom. The Kier molecular flexibility index (Phi) is 2.31. The number of rotatable bonds is 1. The van der Waals surface area contributed by atoms with E-state index in [9.17, 15) is 8.78 Å². The van der Waals surface area contributed by atoms with Crippen molar-refractivity contribution in [3.63, 3.8) is 0 Å². The van der Waals surface area contributed by atoms with Gasteiger partial charge in [0.2, 0.25) is 0 Å². The third kappa shape index (κ3) is 1.26. The molecule has 1 aromatic rings. The lowest BCUT2D eigenvalue weighted by atomic mass is 10.1. The van der Waals surface area contributed by atoms with Gasteiger partial charge < -0.3 is 4.74 Å². The lowest BCUT2D eigenvalue weighted by Gasteiger charge is -2.07. The Morgan fingerprint density at radius 3 is 2.33 bits per heavy atom. The van der Waals surface area contributed by atoms with Crippen molar-refractivity contribution in [3.05, 3.63) is 28.8 Å². The molecule has 0 unspecified atom stereocenters. The maximum Gasteiger partial charge on any atom is 0.190 e. The summed E-state index contributed by atoms with van der Waals surface area (Å²) in [5.74, 6) is -1.58. The third-order valence-electron chi connectivity index (χ3n) is 1.88. The van der Waals surface area contributed by atoms with Gasteiger partial charge in [-0.1, -0.05) is 0 Å². The second-order valence-corrected chi connectivity index (χ2v) is 2.65. The lowest BCUT2D eigenvalue weighted by Crippen LogP contribution is -1.97. The molecule has 66 valence electrons. The third-order valence-corrected chi connectivity index (χ3v) is 1.88. The van der Waals surface area contributed by atoms with Crippen LogP contribution in [-0.2, 0) is 0 Å². The van der Waals surface area contributed by atoms with E-state index in [1.54, 1.807) is 13.8 Å². The molecule has 0 aromatic heterocycles. The van der Waals surface area contributed by atoms with E-state index in [2.05, 4.69) is 4.74 Å². The molecule has 0 saturated carbocycles. The molecule has 3 heteroatoms. The average Bonchev–Trinajstić information content (AvgIpc) is 2.01. The van der Waals surface area contributed by atoms with Crippen LogP contribution in [0.4, 0.5) is 8.78 Å². The fourth-order valence-electron chi connectivity index (χ4n) is 0.999. The van der Waals surface area contributed by atoms with Crippen molar-refractivity contribution in [1.82, 2.24) is 0 Å². The molecule has 1 aromatic carbocycles. The Labute approximate surface area is 70.0 Å². The minimum absolute atomic E-state index is 0.307. The highest BCUT2D eigenvalue weighted by molar-refractivity contribution is 5.37. The summed E-state index contributed by atoms with van der Waals surface area (Å²) in [4.78, 5) is 0. The molecular weight excluding hydrogens is 162 g/mol. The Balaban J connectivity index is 3.40. The van der Waals surface area contributed by atoms with Crippen LogP contribution in [0.15, 0.2) is 6.07 Å². The monoisotopic (exact) mass is 172 g/mol. The second kappa shape index (κ2) is 3.09. The van der Waals surface area contributed by atoms with Crippen LogP contribution in [0.3, 0.4) is 0 Å². The van der Waals surface area contributed by atoms with Crippen LogP contribution in [0.2, 0.25) is 0 Å². The molecule has 0 heterocycles. The van der Waals surface area contributed by atoms with E-state index in [0.29, 0.717) is 11.1 Å². The van der Waals surface area contributed by atoms with Gasteiger partial charge in [0.15, 0.2) is 17.4 Å². The Morgan fingerprint density at radius 2 is 1.83 bits per heavy atom. The van der Waals surface area contributed by atoms with Crippen molar-refractivity contribution >= 4 is 0 Å². The van der Waals surface area contributed by atoms with Gasteiger partial charge in [-0.05, 0) is 31.0 Å². The van der Waals surface area contributed by atoms with Crippen molar-refractivity contribution in [2.75, 3.05) is 7.11 Å². The number of ether oxygens (including phenoxy) is 1. The molecule has 0 amide bonds. The van der Waals surface area contributed by atoms with Gasteiger partial charge in [-0.25, -0.2) is 8.78 Å². The van der Waals surface area contributed by atoms with Gasteiger partial charge in [-0.15, -0.1) is 0 Å². The molecule has 0 N–H and O–H groups in total. The van der Waals surface area contributed by atoms with Crippen molar-refractivity contribution < 1.29 is 13.5 Å². The fraction of sp³-hybridized carbons (Fsp3) is 0.333. The maximum atomic E-state index is 13.2. The van der Waals surface area contributed by atoms with Crippen LogP contribution in [0.1, 0.15) is 11.1 Å². The molecule has 0 aliphatic heterocycles. The summed E-state index contributed by atoms with van der Waals surface area (Å²) in [5.41, 5.74) is 1.01. The SMILES string of the molecule is COc1c(F)cc(C)c(C)c1F. The van der Waals surface area contributed by atoms with E-state index < -0.39 is 11.6 Å². The first-order valence-electron chi connectivity index (χ1n) is 3.57. The number of benzene rings is 1. The minimum Gasteiger partial charge on any atom is -0.491 e. The zero-order chi connectivity index (χ0) is 9.30. The van der Waals surface area contributed by atoms with Crippen LogP contribution >= 0.6 is 0 Å². The molecule has 0 aliphatic rings. The van der Waals surface area contributed by atoms with E-state index in [-0.39, 0.29) is 5.75 Å². The first-order chi connectivity index (χ1) is 5.57. The van der Waals surface area contributed by atoms with Crippen molar-refractivity contribution in [2.24, 2.45) is 0 Å². The first-order valence-corrected chi connectivity index (χ1v) is 3.57. The minimum atomic E-state index is -0.655. The summed E-state index contributed by atoms with van der Waals surface area (Å²) in [6, 6.07) is 1.26. The van der Waals surface area contributed by atoms with Crippen LogP contribution in [-0.4, -0.2) is 7.11 Å². The summed E-state index contributed by atoms with van der Waals surface area (Å²) in [5, 5.41) is 0. The summed E-state index contributed by atoms with van der Waals surface area (Å²) >= 11 is 0. The van der Waals surface area contributed by atoms with Gasteiger partial charge >= 0.3 is 0 Å². The predicted molar refractivity (Wildman–Crippen MR) is 42.4 cm³/mol. The molecule has 1 nitrogen and oxygen atoms in total. The summed E-state index contributed by atoms with van der Waals surface area (Å²) in [7, 11) is 1.25. The van der Waals surface area contributed by atoms with E-state index in [1.807, 2.05) is 0 Å². The molecule has 0 aliphatic carbocycles. The fourth-order valence-corrected chi connectivity index (χ4v) is 0.999. The van der Waals surface area contributed by atoms with Crippen LogP contribution < -0.4 is 4.74 Å². The molecule has 0 fully saturated rings. The highest BCUT2D eigenvalue weighted by atomic mass is 19.1. The van der Waals surface area contributed by atoms with Gasteiger partial charge in [0.05, 0.1) is 7.11 Å². The molecular formula is C9H10F2O. The van der Waals surface area contributed by atoms with Crippen molar-refractivity contribution in [1.29, 1.82) is 0 Å². The molecule has 1 rings (SSSR count). The number of hydrogen-bond acceptors (Lipinski definition) is 1. The molecule has 0 saturated heterocycles. The van der Waals surface area contributed by atoms with Gasteiger partial charge in [-0.3, -0.25) is 0 Å². The van der Waals surface area contributed by atoms with Crippen LogP contribution in [0.25, 0.3) is 0 Å². The lowest BCUT2D eigenvalue weighted by molar-refractivity contribution is 0.358. The number of methoxy groups -OCH3 is 1. The van der Waals surface area contributed by atoms with Gasteiger partial charge in [0.25, 0.3) is 0 Å². The maximum absolute atomic E-state index is 13.2. The number of hydrogen-bond donors (Lipinski definition) is 0. The zero-order valence-corrected chi connectivity index (χ0v) is 7.24. The largest absolute Gasteiger partial charge is 0.491 e. The topological polar surface area (TPSA) is 9.23 Å². The second-order valence-electron chi connectivity index (χ2n) is 2.65. The van der Waals surface area contributed by atoms with Crippen LogP contribution in [0.5, 0.6) is 5.75 Å².